The van der Waals surface area contributed by atoms with E-state index in [0.717, 1.165) is 29.7 Å². The molecule has 1 aliphatic rings. The number of aromatic nitrogens is 2. The van der Waals surface area contributed by atoms with Gasteiger partial charge in [0.15, 0.2) is 0 Å². The number of rotatable bonds is 3. The van der Waals surface area contributed by atoms with Gasteiger partial charge in [-0.15, -0.1) is 0 Å². The van der Waals surface area contributed by atoms with Gasteiger partial charge in [0, 0.05) is 13.0 Å². The lowest BCUT2D eigenvalue weighted by atomic mass is 10.1. The molecule has 4 nitrogen and oxygen atoms in total. The van der Waals surface area contributed by atoms with Crippen LogP contribution >= 0.6 is 0 Å². The Labute approximate surface area is 113 Å². The zero-order valence-electron chi connectivity index (χ0n) is 11.2. The lowest BCUT2D eigenvalue weighted by Crippen LogP contribution is -2.34. The van der Waals surface area contributed by atoms with E-state index in [4.69, 9.17) is 9.72 Å². The molecule has 102 valence electrons. The molecular weight excluding hydrogens is 240 g/mol. The number of benzene rings is 1. The molecular formula is C15H20N2O2. The van der Waals surface area contributed by atoms with Crippen molar-refractivity contribution in [2.24, 2.45) is 0 Å². The molecule has 1 aromatic heterocycles. The fourth-order valence-corrected chi connectivity index (χ4v) is 2.82. The summed E-state index contributed by atoms with van der Waals surface area (Å²) in [6.07, 6.45) is 2.33. The highest BCUT2D eigenvalue weighted by atomic mass is 16.5. The van der Waals surface area contributed by atoms with Gasteiger partial charge in [-0.05, 0) is 25.0 Å². The molecule has 1 aromatic carbocycles. The fraction of sp³-hybridized carbons (Fsp3) is 0.533. The van der Waals surface area contributed by atoms with Crippen molar-refractivity contribution in [2.45, 2.75) is 38.3 Å². The van der Waals surface area contributed by atoms with E-state index in [0.29, 0.717) is 19.6 Å². The Balaban J connectivity index is 2.10. The molecule has 0 bridgehead atoms. The molecule has 1 saturated heterocycles. The summed E-state index contributed by atoms with van der Waals surface area (Å²) in [6.45, 7) is 3.36. The summed E-state index contributed by atoms with van der Waals surface area (Å²) in [5.41, 5.74) is 2.10. The SMILES string of the molecule is CCCc1nc2ccccc2n1C1COCCC1O. The van der Waals surface area contributed by atoms with E-state index >= 15 is 0 Å². The Hall–Kier alpha value is -1.39. The van der Waals surface area contributed by atoms with Crippen LogP contribution in [0.5, 0.6) is 0 Å². The topological polar surface area (TPSA) is 47.3 Å². The number of hydrogen-bond acceptors (Lipinski definition) is 3. The van der Waals surface area contributed by atoms with Gasteiger partial charge >= 0.3 is 0 Å². The average molecular weight is 260 g/mol. The Morgan fingerprint density at radius 2 is 2.26 bits per heavy atom. The Bertz CT molecular complexity index is 564. The minimum absolute atomic E-state index is 0.0114. The van der Waals surface area contributed by atoms with Crippen LogP contribution in [0.1, 0.15) is 31.6 Å². The second-order valence-corrected chi connectivity index (χ2v) is 5.14. The molecule has 2 heterocycles. The molecule has 1 N–H and O–H groups in total. The Kier molecular flexibility index (Phi) is 3.53. The fourth-order valence-electron chi connectivity index (χ4n) is 2.82. The Morgan fingerprint density at radius 1 is 1.42 bits per heavy atom. The summed E-state index contributed by atoms with van der Waals surface area (Å²) in [5.74, 6) is 1.05. The normalized spacial score (nSPS) is 23.9. The molecule has 2 unspecified atom stereocenters. The zero-order chi connectivity index (χ0) is 13.2. The van der Waals surface area contributed by atoms with E-state index in [1.54, 1.807) is 0 Å². The van der Waals surface area contributed by atoms with Crippen molar-refractivity contribution in [1.82, 2.24) is 9.55 Å². The predicted octanol–water partition coefficient (Wildman–Crippen LogP) is 2.31. The molecule has 2 atom stereocenters. The van der Waals surface area contributed by atoms with Crippen LogP contribution in [0.2, 0.25) is 0 Å². The summed E-state index contributed by atoms with van der Waals surface area (Å²) in [7, 11) is 0. The second kappa shape index (κ2) is 5.31. The number of hydrogen-bond donors (Lipinski definition) is 1. The smallest absolute Gasteiger partial charge is 0.110 e. The summed E-state index contributed by atoms with van der Waals surface area (Å²) in [4.78, 5) is 4.71. The van der Waals surface area contributed by atoms with Crippen molar-refractivity contribution < 1.29 is 9.84 Å². The van der Waals surface area contributed by atoms with Crippen LogP contribution in [0.3, 0.4) is 0 Å². The van der Waals surface area contributed by atoms with Gasteiger partial charge < -0.3 is 14.4 Å². The van der Waals surface area contributed by atoms with Gasteiger partial charge in [0.25, 0.3) is 0 Å². The van der Waals surface area contributed by atoms with Gasteiger partial charge in [-0.25, -0.2) is 4.98 Å². The first kappa shape index (κ1) is 12.6. The first-order valence-electron chi connectivity index (χ1n) is 7.03. The lowest BCUT2D eigenvalue weighted by Gasteiger charge is -2.30. The first-order chi connectivity index (χ1) is 9.31. The molecule has 0 spiro atoms. The highest BCUT2D eigenvalue weighted by Crippen LogP contribution is 2.27. The van der Waals surface area contributed by atoms with Crippen molar-refractivity contribution in [3.8, 4) is 0 Å². The number of nitrogens with zero attached hydrogens (tertiary/aromatic N) is 2. The highest BCUT2D eigenvalue weighted by Gasteiger charge is 2.28. The minimum atomic E-state index is -0.345. The molecule has 4 heteroatoms. The van der Waals surface area contributed by atoms with Crippen molar-refractivity contribution in [3.05, 3.63) is 30.1 Å². The van der Waals surface area contributed by atoms with Crippen molar-refractivity contribution in [3.63, 3.8) is 0 Å². The van der Waals surface area contributed by atoms with E-state index in [2.05, 4.69) is 17.6 Å². The molecule has 0 aliphatic carbocycles. The van der Waals surface area contributed by atoms with E-state index < -0.39 is 0 Å². The van der Waals surface area contributed by atoms with Crippen LogP contribution in [0.15, 0.2) is 24.3 Å². The number of aliphatic hydroxyl groups is 1. The van der Waals surface area contributed by atoms with Gasteiger partial charge in [-0.2, -0.15) is 0 Å². The molecule has 19 heavy (non-hydrogen) atoms. The molecule has 3 rings (SSSR count). The number of aliphatic hydroxyl groups excluding tert-OH is 1. The first-order valence-corrected chi connectivity index (χ1v) is 7.03. The van der Waals surface area contributed by atoms with Crippen LogP contribution in [0.4, 0.5) is 0 Å². The van der Waals surface area contributed by atoms with Crippen LogP contribution in [-0.4, -0.2) is 34.0 Å². The van der Waals surface area contributed by atoms with Gasteiger partial charge in [-0.1, -0.05) is 19.1 Å². The van der Waals surface area contributed by atoms with Crippen molar-refractivity contribution in [2.75, 3.05) is 13.2 Å². The van der Waals surface area contributed by atoms with Crippen LogP contribution in [0.25, 0.3) is 11.0 Å². The molecule has 1 aliphatic heterocycles. The van der Waals surface area contributed by atoms with Gasteiger partial charge in [-0.3, -0.25) is 0 Å². The monoisotopic (exact) mass is 260 g/mol. The summed E-state index contributed by atoms with van der Waals surface area (Å²) in [6, 6.07) is 8.11. The van der Waals surface area contributed by atoms with Crippen molar-refractivity contribution in [1.29, 1.82) is 0 Å². The zero-order valence-corrected chi connectivity index (χ0v) is 11.2. The second-order valence-electron chi connectivity index (χ2n) is 5.14. The van der Waals surface area contributed by atoms with Crippen LogP contribution in [-0.2, 0) is 11.2 Å². The number of aryl methyl sites for hydroxylation is 1. The number of ether oxygens (including phenoxy) is 1. The maximum absolute atomic E-state index is 10.3. The van der Waals surface area contributed by atoms with Crippen LogP contribution in [0, 0.1) is 0 Å². The Morgan fingerprint density at radius 3 is 3.05 bits per heavy atom. The third-order valence-electron chi connectivity index (χ3n) is 3.76. The standard InChI is InChI=1S/C15H20N2O2/c1-2-5-15-16-11-6-3-4-7-12(11)17(15)13-10-19-9-8-14(13)18/h3-4,6-7,13-14,18H,2,5,8-10H2,1H3. The molecule has 0 radical (unpaired) electrons. The molecule has 0 amide bonds. The molecule has 2 aromatic rings. The number of para-hydroxylation sites is 2. The average Bonchev–Trinajstić information content (AvgIpc) is 2.78. The van der Waals surface area contributed by atoms with Gasteiger partial charge in [0.05, 0.1) is 29.8 Å². The highest BCUT2D eigenvalue weighted by molar-refractivity contribution is 5.76. The largest absolute Gasteiger partial charge is 0.391 e. The summed E-state index contributed by atoms with van der Waals surface area (Å²) in [5, 5.41) is 10.3. The maximum atomic E-state index is 10.3. The van der Waals surface area contributed by atoms with E-state index in [-0.39, 0.29) is 12.1 Å². The number of imidazole rings is 1. The van der Waals surface area contributed by atoms with E-state index in [1.807, 2.05) is 18.2 Å². The molecule has 1 fully saturated rings. The summed E-state index contributed by atoms with van der Waals surface area (Å²) >= 11 is 0. The quantitative estimate of drug-likeness (QED) is 0.921. The minimum Gasteiger partial charge on any atom is -0.391 e. The van der Waals surface area contributed by atoms with Crippen LogP contribution < -0.4 is 0 Å². The predicted molar refractivity (Wildman–Crippen MR) is 74.2 cm³/mol. The number of fused-ring (bicyclic) bond motifs is 1. The maximum Gasteiger partial charge on any atom is 0.110 e. The summed E-state index contributed by atoms with van der Waals surface area (Å²) < 4.78 is 7.73. The van der Waals surface area contributed by atoms with Gasteiger partial charge in [0.2, 0.25) is 0 Å². The third-order valence-corrected chi connectivity index (χ3v) is 3.76. The van der Waals surface area contributed by atoms with Crippen molar-refractivity contribution >= 4 is 11.0 Å². The van der Waals surface area contributed by atoms with E-state index in [1.165, 1.54) is 0 Å². The molecule has 0 saturated carbocycles. The third kappa shape index (κ3) is 2.26. The lowest BCUT2D eigenvalue weighted by molar-refractivity contribution is -0.0286. The van der Waals surface area contributed by atoms with Gasteiger partial charge in [0.1, 0.15) is 5.82 Å². The van der Waals surface area contributed by atoms with E-state index in [9.17, 15) is 5.11 Å².